The Balaban J connectivity index is 0.000000202. The van der Waals surface area contributed by atoms with E-state index >= 15 is 0 Å². The van der Waals surface area contributed by atoms with Crippen molar-refractivity contribution in [1.29, 1.82) is 0 Å². The number of ketones is 8. The van der Waals surface area contributed by atoms with Crippen molar-refractivity contribution in [2.75, 3.05) is 27.0 Å². The molecule has 5 aromatic heterocycles. The predicted octanol–water partition coefficient (Wildman–Crippen LogP) is 10.5. The number of aromatic nitrogens is 10. The second-order valence-corrected chi connectivity index (χ2v) is 39.4. The van der Waals surface area contributed by atoms with E-state index in [1.54, 1.807) is 122 Å². The number of alkyl carbamates (subject to hydrolysis) is 2. The number of hydrogen-bond acceptors (Lipinski definition) is 24. The quantitative estimate of drug-likeness (QED) is 0.0131. The van der Waals surface area contributed by atoms with Crippen LogP contribution in [0.5, 0.6) is 0 Å². The number of hydrogen-bond donors (Lipinski definition) is 9. The van der Waals surface area contributed by atoms with Gasteiger partial charge in [0.1, 0.15) is 60.8 Å². The number of aryl methyl sites for hydroxylation is 5. The van der Waals surface area contributed by atoms with Gasteiger partial charge in [0, 0.05) is 113 Å². The van der Waals surface area contributed by atoms with Crippen LogP contribution in [0.3, 0.4) is 0 Å². The van der Waals surface area contributed by atoms with Gasteiger partial charge in [0.25, 0.3) is 0 Å². The standard InChI is InChI=1S/C23H34FN3O5.C23H32FN3O5.C22H34FN3O3.C13H19FN2O2.C8H13FO3.C4H7N3/c2*1-22(7-4-5-8-22)13-17(25-21(31)32-3)19(29)14-23(11-15(24)12-23)20(30)18(28)10-16-6-9-27(2)26-16;1-21(7-4-5-8-21)13-17(24-2)19(28)14-22(11-15(23)12-22)20(29)18(27)10-16-6-9-26(3)25-16;1-3-13(7-9(14)8-13)12(18)11(17)6-10-4-5-16(2)15-10;1-2-8(3-5(9)4-8)6(10)7(11)12;1-7-3-2-4(5)6-7/h6,9,15,17,20,30H,4-5,7-8,10-14H2,1-3H3,(H,25,31);6,9,15,17H,4-5,7-8,10-14H2,1-3H3,(H,25,31);6,9,15,17,20,24,29H,4-5,7-8,10-14H2,1-3H3;4-5,9,12,18H,3,6-8H2,1-2H3;5-6,10H,2-4H2,1H3,(H,11,12);2-3H,1H3,(H2,5,6)/t15?,17-,20?,23?;15?,17-,23?;15?,17-,20?,22?;;;/m000.../s1. The molecule has 0 aliphatic heterocycles. The summed E-state index contributed by atoms with van der Waals surface area (Å²) in [6, 6.07) is 6.56. The molecule has 0 spiro atoms. The number of carboxylic acids is 1. The molecular weight excluding hydrogens is 1700 g/mol. The smallest absolute Gasteiger partial charge is 0.407 e. The van der Waals surface area contributed by atoms with Gasteiger partial charge in [-0.25, -0.2) is 36.3 Å². The van der Waals surface area contributed by atoms with Crippen molar-refractivity contribution in [3.05, 3.63) is 84.1 Å². The van der Waals surface area contributed by atoms with E-state index < -0.39 is 136 Å². The number of aliphatic hydroxyl groups excluding tert-OH is 4. The molecule has 2 amide bonds. The topological polar surface area (TPSA) is 459 Å². The van der Waals surface area contributed by atoms with E-state index in [0.29, 0.717) is 67.1 Å². The van der Waals surface area contributed by atoms with Crippen LogP contribution in [0.1, 0.15) is 250 Å². The molecule has 13 rings (SSSR count). The van der Waals surface area contributed by atoms with Crippen LogP contribution in [0.2, 0.25) is 0 Å². The van der Waals surface area contributed by atoms with Crippen LogP contribution in [0.4, 0.5) is 37.4 Å². The fraction of sp³-hybridized carbons (Fsp3) is 0.720. The highest BCUT2D eigenvalue weighted by atomic mass is 19.2. The zero-order chi connectivity index (χ0) is 96.2. The molecular formula is C93H139F5N14O18. The molecule has 5 heterocycles. The number of halogens is 5. The van der Waals surface area contributed by atoms with Crippen molar-refractivity contribution in [1.82, 2.24) is 64.9 Å². The summed E-state index contributed by atoms with van der Waals surface area (Å²) in [6.07, 6.45) is 12.1. The van der Waals surface area contributed by atoms with Crippen LogP contribution in [-0.4, -0.2) is 234 Å². The van der Waals surface area contributed by atoms with E-state index in [-0.39, 0.29) is 142 Å². The van der Waals surface area contributed by atoms with Gasteiger partial charge in [-0.15, -0.1) is 0 Å². The van der Waals surface area contributed by atoms with Gasteiger partial charge >= 0.3 is 18.2 Å². The molecule has 0 aromatic carbocycles. The summed E-state index contributed by atoms with van der Waals surface area (Å²) < 4.78 is 84.5. The Bertz CT molecular complexity index is 4610. The van der Waals surface area contributed by atoms with Crippen molar-refractivity contribution >= 4 is 70.2 Å². The zero-order valence-corrected chi connectivity index (χ0v) is 77.7. The second-order valence-electron chi connectivity index (χ2n) is 39.4. The lowest BCUT2D eigenvalue weighted by Gasteiger charge is -2.47. The molecule has 4 unspecified atom stereocenters. The number of carbonyl (C=O) groups is 11. The van der Waals surface area contributed by atoms with Gasteiger partial charge in [-0.1, -0.05) is 73.1 Å². The number of alkyl halides is 5. The lowest BCUT2D eigenvalue weighted by molar-refractivity contribution is -0.164. The third kappa shape index (κ3) is 28.4. The minimum Gasteiger partial charge on any atom is -0.479 e. The summed E-state index contributed by atoms with van der Waals surface area (Å²) in [5.74, 6) is -3.92. The number of carboxylic acid groups (broad SMARTS) is 1. The number of nitrogens with zero attached hydrogens (tertiary/aromatic N) is 10. The molecule has 130 heavy (non-hydrogen) atoms. The third-order valence-corrected chi connectivity index (χ3v) is 28.6. The van der Waals surface area contributed by atoms with Crippen molar-refractivity contribution in [3.8, 4) is 0 Å². The van der Waals surface area contributed by atoms with Crippen LogP contribution >= 0.6 is 0 Å². The molecule has 8 fully saturated rings. The molecule has 32 nitrogen and oxygen atoms in total. The molecule has 10 N–H and O–H groups in total. The first-order valence-electron chi connectivity index (χ1n) is 45.5. The number of Topliss-reactive ketones (excluding diaryl/α,β-unsaturated/α-hetero) is 8. The highest BCUT2D eigenvalue weighted by Crippen LogP contribution is 2.55. The molecule has 0 bridgehead atoms. The normalized spacial score (nSPS) is 26.7. The fourth-order valence-electron chi connectivity index (χ4n) is 20.6. The summed E-state index contributed by atoms with van der Waals surface area (Å²) in [4.78, 5) is 137. The van der Waals surface area contributed by atoms with Crippen LogP contribution < -0.4 is 21.7 Å². The minimum absolute atomic E-state index is 0.0115. The van der Waals surface area contributed by atoms with E-state index in [1.165, 1.54) is 31.7 Å². The van der Waals surface area contributed by atoms with E-state index in [2.05, 4.69) is 67.0 Å². The lowest BCUT2D eigenvalue weighted by atomic mass is 9.59. The van der Waals surface area contributed by atoms with Crippen LogP contribution in [0.15, 0.2) is 61.3 Å². The maximum atomic E-state index is 13.9. The average molecular weight is 1840 g/mol. The van der Waals surface area contributed by atoms with Gasteiger partial charge in [-0.05, 0) is 188 Å². The molecule has 8 saturated carbocycles. The number of aliphatic carboxylic acids is 1. The molecule has 8 aliphatic carbocycles. The average Bonchev–Trinajstić information content (AvgIpc) is 0.834. The molecule has 0 saturated heterocycles. The van der Waals surface area contributed by atoms with Gasteiger partial charge in [0.05, 0.1) is 80.8 Å². The van der Waals surface area contributed by atoms with Gasteiger partial charge in [-0.3, -0.25) is 61.8 Å². The number of anilines is 1. The Kier molecular flexibility index (Phi) is 37.4. The van der Waals surface area contributed by atoms with Gasteiger partial charge < -0.3 is 56.7 Å². The van der Waals surface area contributed by atoms with Gasteiger partial charge in [0.15, 0.2) is 35.0 Å². The molecule has 37 heteroatoms. The first-order chi connectivity index (χ1) is 61.0. The van der Waals surface area contributed by atoms with Crippen molar-refractivity contribution < 1.29 is 110 Å². The van der Waals surface area contributed by atoms with Crippen LogP contribution in [0, 0.1) is 43.3 Å². The second kappa shape index (κ2) is 45.9. The van der Waals surface area contributed by atoms with Gasteiger partial charge in [-0.2, -0.15) is 25.5 Å². The summed E-state index contributed by atoms with van der Waals surface area (Å²) >= 11 is 0. The highest BCUT2D eigenvalue weighted by molar-refractivity contribution is 6.40. The van der Waals surface area contributed by atoms with E-state index in [4.69, 9.17) is 15.6 Å². The number of amides is 2. The number of nitrogens with two attached hydrogens (primary N) is 1. The minimum atomic E-state index is -1.47. The summed E-state index contributed by atoms with van der Waals surface area (Å²) in [6.45, 7) is 10.1. The number of ether oxygens (including phenoxy) is 2. The first-order valence-corrected chi connectivity index (χ1v) is 45.5. The largest absolute Gasteiger partial charge is 0.479 e. The third-order valence-electron chi connectivity index (χ3n) is 28.6. The number of carbonyl (C=O) groups excluding carboxylic acids is 10. The van der Waals surface area contributed by atoms with Crippen molar-refractivity contribution in [3.63, 3.8) is 0 Å². The molecule has 5 aromatic rings. The molecule has 7 atom stereocenters. The SMILES string of the molecule is CCC1(C(O)C(=O)Cc2ccn(C)n2)CC(F)C1.CCC1(C(O)C(=O)O)CC(F)C1.CN[C@@H](CC1(C)CCCC1)C(=O)CC1(C(O)C(=O)Cc2ccn(C)n2)CC(F)C1.COC(=O)N[C@@H](CC1(C)CCCC1)C(=O)CC1(C(=O)C(=O)Cc2ccn(C)n2)CC(F)C1.COC(=O)N[C@@H](CC1(C)CCCC1)C(=O)CC1(C(O)C(=O)Cc2ccn(C)n2)CC(F)C1.Cn1ccc(N)n1. The molecule has 724 valence electrons. The summed E-state index contributed by atoms with van der Waals surface area (Å²) in [5, 5.41) is 78.2. The fourth-order valence-corrected chi connectivity index (χ4v) is 20.6. The van der Waals surface area contributed by atoms with Crippen molar-refractivity contribution in [2.45, 2.75) is 326 Å². The Morgan fingerprint density at radius 2 is 0.692 bits per heavy atom. The zero-order valence-electron chi connectivity index (χ0n) is 77.7. The number of aliphatic hydroxyl groups is 4. The maximum Gasteiger partial charge on any atom is 0.407 e. The van der Waals surface area contributed by atoms with Gasteiger partial charge in [0.2, 0.25) is 11.6 Å². The van der Waals surface area contributed by atoms with Crippen molar-refractivity contribution in [2.24, 2.45) is 78.6 Å². The lowest BCUT2D eigenvalue weighted by Crippen LogP contribution is -2.55. The molecule has 8 aliphatic rings. The number of nitrogens with one attached hydrogen (secondary N) is 3. The number of methoxy groups -OCH3 is 2. The molecule has 0 radical (unpaired) electrons. The van der Waals surface area contributed by atoms with Crippen LogP contribution in [0.25, 0.3) is 0 Å². The Labute approximate surface area is 757 Å². The maximum absolute atomic E-state index is 13.9. The highest BCUT2D eigenvalue weighted by Gasteiger charge is 2.58. The monoisotopic (exact) mass is 1840 g/mol. The van der Waals surface area contributed by atoms with Crippen LogP contribution in [-0.2, 0) is 114 Å². The summed E-state index contributed by atoms with van der Waals surface area (Å²) in [7, 11) is 13.0. The Morgan fingerprint density at radius 1 is 0.415 bits per heavy atom. The van der Waals surface area contributed by atoms with E-state index in [9.17, 15) is 95.1 Å². The van der Waals surface area contributed by atoms with E-state index in [0.717, 1.165) is 70.6 Å². The first kappa shape index (κ1) is 106. The number of rotatable bonds is 38. The predicted molar refractivity (Wildman–Crippen MR) is 469 cm³/mol. The summed E-state index contributed by atoms with van der Waals surface area (Å²) in [5.41, 5.74) is 2.62. The number of likely N-dealkylation sites (N-methyl/N-ethyl adjacent to an activating group) is 1. The number of nitrogen functional groups attached to an aromatic ring is 1. The Morgan fingerprint density at radius 3 is 0.954 bits per heavy atom. The Hall–Kier alpha value is -9.33. The van der Waals surface area contributed by atoms with E-state index in [1.807, 2.05) is 14.0 Å².